The fourth-order valence-corrected chi connectivity index (χ4v) is 2.39. The van der Waals surface area contributed by atoms with E-state index < -0.39 is 0 Å². The number of hydrogen-bond donors (Lipinski definition) is 2. The monoisotopic (exact) mass is 338 g/mol. The number of hydrogen-bond acceptors (Lipinski definition) is 6. The Bertz CT molecular complexity index is 760. The van der Waals surface area contributed by atoms with Crippen LogP contribution < -0.4 is 10.6 Å². The largest absolute Gasteiger partial charge is 0.467 e. The Labute approximate surface area is 147 Å². The Kier molecular flexibility index (Phi) is 6.01. The predicted molar refractivity (Wildman–Crippen MR) is 98.5 cm³/mol. The van der Waals surface area contributed by atoms with Crippen molar-refractivity contribution in [2.45, 2.75) is 13.0 Å². The first-order valence-corrected chi connectivity index (χ1v) is 8.29. The lowest BCUT2D eigenvalue weighted by Gasteiger charge is -2.11. The van der Waals surface area contributed by atoms with Gasteiger partial charge >= 0.3 is 0 Å². The Balaban J connectivity index is 1.77. The van der Waals surface area contributed by atoms with Crippen LogP contribution in [0.3, 0.4) is 0 Å². The van der Waals surface area contributed by atoms with Crippen LogP contribution in [0.5, 0.6) is 0 Å². The zero-order valence-electron chi connectivity index (χ0n) is 14.2. The van der Waals surface area contributed by atoms with E-state index in [0.29, 0.717) is 19.1 Å². The molecule has 6 heteroatoms. The van der Waals surface area contributed by atoms with E-state index in [9.17, 15) is 0 Å². The number of aromatic nitrogens is 2. The van der Waals surface area contributed by atoms with Gasteiger partial charge in [-0.2, -0.15) is 4.98 Å². The minimum absolute atomic E-state index is 0.536. The number of nitrogens with one attached hydrogen (secondary N) is 2. The molecule has 130 valence electrons. The molecular weight excluding hydrogens is 316 g/mol. The smallest absolute Gasteiger partial charge is 0.225 e. The molecule has 0 unspecified atom stereocenters. The van der Waals surface area contributed by atoms with Gasteiger partial charge in [0.2, 0.25) is 5.95 Å². The van der Waals surface area contributed by atoms with Gasteiger partial charge in [0.25, 0.3) is 0 Å². The molecule has 0 fully saturated rings. The summed E-state index contributed by atoms with van der Waals surface area (Å²) in [4.78, 5) is 9.16. The average Bonchev–Trinajstić information content (AvgIpc) is 3.18. The summed E-state index contributed by atoms with van der Waals surface area (Å²) in [6.07, 6.45) is 2.57. The van der Waals surface area contributed by atoms with Gasteiger partial charge in [-0.1, -0.05) is 30.3 Å². The van der Waals surface area contributed by atoms with Crippen molar-refractivity contribution in [3.8, 4) is 11.3 Å². The number of benzene rings is 1. The van der Waals surface area contributed by atoms with E-state index in [1.807, 2.05) is 48.5 Å². The van der Waals surface area contributed by atoms with Gasteiger partial charge < -0.3 is 19.8 Å². The first kappa shape index (κ1) is 17.0. The summed E-state index contributed by atoms with van der Waals surface area (Å²) < 4.78 is 10.4. The lowest BCUT2D eigenvalue weighted by Crippen LogP contribution is -2.09. The fourth-order valence-electron chi connectivity index (χ4n) is 2.39. The molecule has 0 atom stereocenters. The van der Waals surface area contributed by atoms with E-state index in [1.165, 1.54) is 0 Å². The van der Waals surface area contributed by atoms with Crippen LogP contribution in [0, 0.1) is 0 Å². The van der Waals surface area contributed by atoms with Crippen molar-refractivity contribution in [1.82, 2.24) is 9.97 Å². The van der Waals surface area contributed by atoms with Crippen LogP contribution >= 0.6 is 0 Å². The Morgan fingerprint density at radius 3 is 2.68 bits per heavy atom. The van der Waals surface area contributed by atoms with E-state index in [0.717, 1.165) is 35.8 Å². The number of nitrogens with zero attached hydrogens (tertiary/aromatic N) is 2. The zero-order valence-corrected chi connectivity index (χ0v) is 14.2. The second-order valence-electron chi connectivity index (χ2n) is 5.53. The van der Waals surface area contributed by atoms with Gasteiger partial charge in [0.15, 0.2) is 0 Å². The van der Waals surface area contributed by atoms with Crippen LogP contribution in [-0.2, 0) is 11.3 Å². The van der Waals surface area contributed by atoms with Gasteiger partial charge in [0.1, 0.15) is 11.6 Å². The van der Waals surface area contributed by atoms with E-state index in [4.69, 9.17) is 9.15 Å². The molecule has 3 aromatic rings. The first-order chi connectivity index (χ1) is 12.3. The van der Waals surface area contributed by atoms with Crippen molar-refractivity contribution in [2.75, 3.05) is 30.9 Å². The quantitative estimate of drug-likeness (QED) is 0.578. The molecule has 0 spiro atoms. The second-order valence-corrected chi connectivity index (χ2v) is 5.53. The summed E-state index contributed by atoms with van der Waals surface area (Å²) in [6, 6.07) is 15.8. The van der Waals surface area contributed by atoms with E-state index in [-0.39, 0.29) is 0 Å². The molecule has 0 aliphatic heterocycles. The van der Waals surface area contributed by atoms with Crippen molar-refractivity contribution >= 4 is 11.8 Å². The Morgan fingerprint density at radius 2 is 1.92 bits per heavy atom. The van der Waals surface area contributed by atoms with E-state index in [2.05, 4.69) is 20.6 Å². The molecule has 2 aromatic heterocycles. The number of anilines is 2. The van der Waals surface area contributed by atoms with Crippen molar-refractivity contribution < 1.29 is 9.15 Å². The van der Waals surface area contributed by atoms with Gasteiger partial charge in [0, 0.05) is 31.9 Å². The molecule has 6 nitrogen and oxygen atoms in total. The SMILES string of the molecule is COCCCNc1cc(-c2ccccc2)nc(NCc2ccco2)n1. The number of furan rings is 1. The molecule has 0 saturated carbocycles. The summed E-state index contributed by atoms with van der Waals surface area (Å²) in [7, 11) is 1.70. The molecule has 0 amide bonds. The Morgan fingerprint density at radius 1 is 1.04 bits per heavy atom. The van der Waals surface area contributed by atoms with Gasteiger partial charge in [-0.3, -0.25) is 0 Å². The molecule has 2 N–H and O–H groups in total. The van der Waals surface area contributed by atoms with Crippen LogP contribution in [0.25, 0.3) is 11.3 Å². The van der Waals surface area contributed by atoms with Crippen LogP contribution in [0.4, 0.5) is 11.8 Å². The average molecular weight is 338 g/mol. The normalized spacial score (nSPS) is 10.6. The highest BCUT2D eigenvalue weighted by Gasteiger charge is 2.07. The molecule has 1 aromatic carbocycles. The molecule has 25 heavy (non-hydrogen) atoms. The van der Waals surface area contributed by atoms with E-state index >= 15 is 0 Å². The first-order valence-electron chi connectivity index (χ1n) is 8.29. The molecule has 0 radical (unpaired) electrons. The lowest BCUT2D eigenvalue weighted by molar-refractivity contribution is 0.198. The van der Waals surface area contributed by atoms with Crippen molar-refractivity contribution in [2.24, 2.45) is 0 Å². The summed E-state index contributed by atoms with van der Waals surface area (Å²) in [5.41, 5.74) is 1.91. The maximum Gasteiger partial charge on any atom is 0.225 e. The predicted octanol–water partition coefficient (Wildman–Crippen LogP) is 3.80. The topological polar surface area (TPSA) is 72.2 Å². The summed E-state index contributed by atoms with van der Waals surface area (Å²) in [5.74, 6) is 2.18. The van der Waals surface area contributed by atoms with Gasteiger partial charge in [-0.25, -0.2) is 4.98 Å². The third kappa shape index (κ3) is 5.06. The molecule has 0 aliphatic carbocycles. The zero-order chi connectivity index (χ0) is 17.3. The third-order valence-electron chi connectivity index (χ3n) is 3.63. The highest BCUT2D eigenvalue weighted by Crippen LogP contribution is 2.21. The standard InChI is InChI=1S/C19H22N4O2/c1-24-11-6-10-20-18-13-17(15-7-3-2-4-8-15)22-19(23-18)21-14-16-9-5-12-25-16/h2-5,7-9,12-13H,6,10-11,14H2,1H3,(H2,20,21,22,23). The molecule has 2 heterocycles. The van der Waals surface area contributed by atoms with Crippen LogP contribution in [0.15, 0.2) is 59.2 Å². The van der Waals surface area contributed by atoms with Crippen LogP contribution in [0.1, 0.15) is 12.2 Å². The van der Waals surface area contributed by atoms with Crippen LogP contribution in [0.2, 0.25) is 0 Å². The summed E-state index contributed by atoms with van der Waals surface area (Å²) in [5, 5.41) is 6.55. The molecule has 0 aliphatic rings. The highest BCUT2D eigenvalue weighted by atomic mass is 16.5. The Hall–Kier alpha value is -2.86. The number of ether oxygens (including phenoxy) is 1. The number of rotatable bonds is 9. The minimum atomic E-state index is 0.536. The van der Waals surface area contributed by atoms with Crippen LogP contribution in [-0.4, -0.2) is 30.2 Å². The molecular formula is C19H22N4O2. The van der Waals surface area contributed by atoms with Gasteiger partial charge in [-0.15, -0.1) is 0 Å². The molecule has 0 saturated heterocycles. The maximum absolute atomic E-state index is 5.34. The minimum Gasteiger partial charge on any atom is -0.467 e. The second kappa shape index (κ2) is 8.84. The third-order valence-corrected chi connectivity index (χ3v) is 3.63. The van der Waals surface area contributed by atoms with Gasteiger partial charge in [0.05, 0.1) is 18.5 Å². The lowest BCUT2D eigenvalue weighted by atomic mass is 10.1. The summed E-state index contributed by atoms with van der Waals surface area (Å²) >= 11 is 0. The summed E-state index contributed by atoms with van der Waals surface area (Å²) in [6.45, 7) is 2.04. The molecule has 0 bridgehead atoms. The van der Waals surface area contributed by atoms with Crippen molar-refractivity contribution in [1.29, 1.82) is 0 Å². The maximum atomic E-state index is 5.34. The highest BCUT2D eigenvalue weighted by molar-refractivity contribution is 5.64. The van der Waals surface area contributed by atoms with E-state index in [1.54, 1.807) is 13.4 Å². The number of methoxy groups -OCH3 is 1. The van der Waals surface area contributed by atoms with Gasteiger partial charge in [-0.05, 0) is 18.6 Å². The fraction of sp³-hybridized carbons (Fsp3) is 0.263. The molecule has 3 rings (SSSR count). The van der Waals surface area contributed by atoms with Crippen molar-refractivity contribution in [3.63, 3.8) is 0 Å². The van der Waals surface area contributed by atoms with Crippen molar-refractivity contribution in [3.05, 3.63) is 60.6 Å².